The summed E-state index contributed by atoms with van der Waals surface area (Å²) >= 11 is 0. The number of rotatable bonds is 6. The molecule has 0 aromatic carbocycles. The standard InChI is InChI=1S/C14H21N3/c1-3-5-7-12-11-13(8-6-4-2)17-14(16-12)9-10-15-17/h9-11H,3-8H2,1-2H3. The molecule has 3 nitrogen and oxygen atoms in total. The Labute approximate surface area is 103 Å². The minimum atomic E-state index is 0.990. The summed E-state index contributed by atoms with van der Waals surface area (Å²) in [7, 11) is 0. The Morgan fingerprint density at radius 1 is 1.12 bits per heavy atom. The average molecular weight is 231 g/mol. The topological polar surface area (TPSA) is 30.2 Å². The van der Waals surface area contributed by atoms with Crippen molar-refractivity contribution in [2.24, 2.45) is 0 Å². The zero-order valence-electron chi connectivity index (χ0n) is 10.8. The lowest BCUT2D eigenvalue weighted by atomic mass is 10.1. The summed E-state index contributed by atoms with van der Waals surface area (Å²) in [5.74, 6) is 0. The minimum Gasteiger partial charge on any atom is -0.234 e. The molecule has 0 N–H and O–H groups in total. The third kappa shape index (κ3) is 2.84. The van der Waals surface area contributed by atoms with Crippen LogP contribution in [0.1, 0.15) is 50.9 Å². The van der Waals surface area contributed by atoms with Crippen molar-refractivity contribution in [1.29, 1.82) is 0 Å². The largest absolute Gasteiger partial charge is 0.234 e. The van der Waals surface area contributed by atoms with Gasteiger partial charge in [-0.15, -0.1) is 0 Å². The molecule has 0 fully saturated rings. The number of hydrogen-bond acceptors (Lipinski definition) is 2. The van der Waals surface area contributed by atoms with Crippen molar-refractivity contribution < 1.29 is 0 Å². The van der Waals surface area contributed by atoms with Crippen LogP contribution in [0.2, 0.25) is 0 Å². The van der Waals surface area contributed by atoms with Gasteiger partial charge in [0.05, 0.1) is 6.20 Å². The van der Waals surface area contributed by atoms with E-state index in [9.17, 15) is 0 Å². The molecule has 2 aromatic rings. The highest BCUT2D eigenvalue weighted by Gasteiger charge is 2.05. The summed E-state index contributed by atoms with van der Waals surface area (Å²) in [5.41, 5.74) is 3.50. The van der Waals surface area contributed by atoms with Gasteiger partial charge in [0.15, 0.2) is 5.65 Å². The van der Waals surface area contributed by atoms with Gasteiger partial charge in [0.1, 0.15) is 0 Å². The van der Waals surface area contributed by atoms with Gasteiger partial charge < -0.3 is 0 Å². The van der Waals surface area contributed by atoms with Crippen molar-refractivity contribution in [3.05, 3.63) is 29.7 Å². The molecule has 0 aliphatic heterocycles. The van der Waals surface area contributed by atoms with Crippen LogP contribution in [-0.4, -0.2) is 14.6 Å². The van der Waals surface area contributed by atoms with Crippen LogP contribution in [-0.2, 0) is 12.8 Å². The van der Waals surface area contributed by atoms with Gasteiger partial charge in [0.25, 0.3) is 0 Å². The summed E-state index contributed by atoms with van der Waals surface area (Å²) < 4.78 is 1.98. The van der Waals surface area contributed by atoms with Crippen molar-refractivity contribution in [1.82, 2.24) is 14.6 Å². The predicted molar refractivity (Wildman–Crippen MR) is 70.2 cm³/mol. The van der Waals surface area contributed by atoms with Crippen molar-refractivity contribution in [3.8, 4) is 0 Å². The van der Waals surface area contributed by atoms with Crippen LogP contribution >= 0.6 is 0 Å². The van der Waals surface area contributed by atoms with Gasteiger partial charge in [0, 0.05) is 17.5 Å². The molecule has 0 spiro atoms. The normalized spacial score (nSPS) is 11.2. The van der Waals surface area contributed by atoms with Gasteiger partial charge >= 0.3 is 0 Å². The third-order valence-corrected chi connectivity index (χ3v) is 3.06. The third-order valence-electron chi connectivity index (χ3n) is 3.06. The molecule has 92 valence electrons. The lowest BCUT2D eigenvalue weighted by Gasteiger charge is -2.07. The first-order valence-electron chi connectivity index (χ1n) is 6.67. The molecule has 17 heavy (non-hydrogen) atoms. The SMILES string of the molecule is CCCCc1cc(CCCC)n2nccc2n1. The lowest BCUT2D eigenvalue weighted by Crippen LogP contribution is -2.03. The van der Waals surface area contributed by atoms with E-state index in [1.165, 1.54) is 37.1 Å². The van der Waals surface area contributed by atoms with E-state index in [1.807, 2.05) is 16.8 Å². The van der Waals surface area contributed by atoms with E-state index in [4.69, 9.17) is 0 Å². The Hall–Kier alpha value is -1.38. The van der Waals surface area contributed by atoms with Crippen molar-refractivity contribution in [2.45, 2.75) is 52.4 Å². The van der Waals surface area contributed by atoms with Crippen molar-refractivity contribution in [3.63, 3.8) is 0 Å². The molecule has 0 saturated carbocycles. The first-order chi connectivity index (χ1) is 8.35. The molecule has 0 unspecified atom stereocenters. The molecular formula is C14H21N3. The zero-order valence-corrected chi connectivity index (χ0v) is 10.8. The van der Waals surface area contributed by atoms with Gasteiger partial charge in [-0.2, -0.15) is 5.10 Å². The fourth-order valence-electron chi connectivity index (χ4n) is 2.06. The van der Waals surface area contributed by atoms with Gasteiger partial charge in [-0.05, 0) is 31.7 Å². The van der Waals surface area contributed by atoms with Crippen LogP contribution in [0.25, 0.3) is 5.65 Å². The molecule has 2 heterocycles. The highest BCUT2D eigenvalue weighted by molar-refractivity contribution is 5.39. The Morgan fingerprint density at radius 2 is 1.88 bits per heavy atom. The molecule has 0 saturated heterocycles. The molecule has 2 aromatic heterocycles. The first-order valence-corrected chi connectivity index (χ1v) is 6.67. The quantitative estimate of drug-likeness (QED) is 0.762. The number of hydrogen-bond donors (Lipinski definition) is 0. The summed E-state index contributed by atoms with van der Waals surface area (Å²) in [6, 6.07) is 4.22. The molecule has 0 atom stereocenters. The van der Waals surface area contributed by atoms with E-state index in [0.717, 1.165) is 18.5 Å². The van der Waals surface area contributed by atoms with Crippen LogP contribution in [0.4, 0.5) is 0 Å². The molecule has 2 rings (SSSR count). The van der Waals surface area contributed by atoms with E-state index in [-0.39, 0.29) is 0 Å². The number of unbranched alkanes of at least 4 members (excludes halogenated alkanes) is 2. The minimum absolute atomic E-state index is 0.990. The van der Waals surface area contributed by atoms with Crippen molar-refractivity contribution in [2.75, 3.05) is 0 Å². The van der Waals surface area contributed by atoms with Crippen LogP contribution in [0.3, 0.4) is 0 Å². The van der Waals surface area contributed by atoms with Crippen LogP contribution in [0, 0.1) is 0 Å². The Bertz CT molecular complexity index is 473. The van der Waals surface area contributed by atoms with Crippen LogP contribution in [0.15, 0.2) is 18.3 Å². The number of fused-ring (bicyclic) bond motifs is 1. The summed E-state index contributed by atoms with van der Waals surface area (Å²) in [6.45, 7) is 4.44. The maximum atomic E-state index is 4.64. The van der Waals surface area contributed by atoms with Crippen molar-refractivity contribution >= 4 is 5.65 Å². The van der Waals surface area contributed by atoms with E-state index >= 15 is 0 Å². The Morgan fingerprint density at radius 3 is 2.65 bits per heavy atom. The molecule has 3 heteroatoms. The maximum absolute atomic E-state index is 4.64. The average Bonchev–Trinajstić information content (AvgIpc) is 2.81. The second-order valence-corrected chi connectivity index (χ2v) is 4.55. The second kappa shape index (κ2) is 5.80. The monoisotopic (exact) mass is 231 g/mol. The summed E-state index contributed by atoms with van der Waals surface area (Å²) in [4.78, 5) is 4.64. The van der Waals surface area contributed by atoms with Crippen LogP contribution < -0.4 is 0 Å². The highest BCUT2D eigenvalue weighted by Crippen LogP contribution is 2.12. The fraction of sp³-hybridized carbons (Fsp3) is 0.571. The second-order valence-electron chi connectivity index (χ2n) is 4.55. The van der Waals surface area contributed by atoms with Gasteiger partial charge in [0.2, 0.25) is 0 Å². The molecule has 0 aliphatic carbocycles. The van der Waals surface area contributed by atoms with Gasteiger partial charge in [-0.1, -0.05) is 26.7 Å². The van der Waals surface area contributed by atoms with E-state index < -0.39 is 0 Å². The number of aromatic nitrogens is 3. The summed E-state index contributed by atoms with van der Waals surface area (Å²) in [6.07, 6.45) is 8.87. The van der Waals surface area contributed by atoms with Gasteiger partial charge in [-0.25, -0.2) is 9.50 Å². The van der Waals surface area contributed by atoms with Crippen LogP contribution in [0.5, 0.6) is 0 Å². The van der Waals surface area contributed by atoms with E-state index in [0.29, 0.717) is 0 Å². The predicted octanol–water partition coefficient (Wildman–Crippen LogP) is 3.41. The smallest absolute Gasteiger partial charge is 0.155 e. The van der Waals surface area contributed by atoms with E-state index in [1.54, 1.807) is 0 Å². The Balaban J connectivity index is 2.29. The number of nitrogens with zero attached hydrogens (tertiary/aromatic N) is 3. The lowest BCUT2D eigenvalue weighted by molar-refractivity contribution is 0.722. The summed E-state index contributed by atoms with van der Waals surface area (Å²) in [5, 5.41) is 4.35. The van der Waals surface area contributed by atoms with Gasteiger partial charge in [-0.3, -0.25) is 0 Å². The Kier molecular flexibility index (Phi) is 4.13. The maximum Gasteiger partial charge on any atom is 0.155 e. The highest BCUT2D eigenvalue weighted by atomic mass is 15.2. The molecule has 0 amide bonds. The number of aryl methyl sites for hydroxylation is 2. The molecular weight excluding hydrogens is 210 g/mol. The molecule has 0 radical (unpaired) electrons. The molecule has 0 aliphatic rings. The zero-order chi connectivity index (χ0) is 12.1. The molecule has 0 bridgehead atoms. The fourth-order valence-corrected chi connectivity index (χ4v) is 2.06. The first kappa shape index (κ1) is 12.1. The van der Waals surface area contributed by atoms with E-state index in [2.05, 4.69) is 30.0 Å².